The van der Waals surface area contributed by atoms with Crippen molar-refractivity contribution in [3.8, 4) is 0 Å². The van der Waals surface area contributed by atoms with Crippen LogP contribution in [-0.4, -0.2) is 45.2 Å². The van der Waals surface area contributed by atoms with E-state index in [9.17, 15) is 14.4 Å². The van der Waals surface area contributed by atoms with E-state index in [2.05, 4.69) is 50.9 Å². The molecule has 228 valence electrons. The molecule has 0 spiro atoms. The van der Waals surface area contributed by atoms with E-state index in [1.165, 1.54) is 41.9 Å². The van der Waals surface area contributed by atoms with Gasteiger partial charge >= 0.3 is 0 Å². The number of nitrogens with one attached hydrogen (secondary N) is 2. The number of hydrogen-bond donors (Lipinski definition) is 2. The van der Waals surface area contributed by atoms with Crippen LogP contribution in [0.2, 0.25) is 0 Å². The Kier molecular flexibility index (Phi) is 8.16. The van der Waals surface area contributed by atoms with Gasteiger partial charge in [-0.2, -0.15) is 0 Å². The summed E-state index contributed by atoms with van der Waals surface area (Å²) in [6, 6.07) is 24.2. The van der Waals surface area contributed by atoms with Gasteiger partial charge in [-0.1, -0.05) is 96.2 Å². The first-order valence-corrected chi connectivity index (χ1v) is 17.0. The van der Waals surface area contributed by atoms with Gasteiger partial charge in [-0.3, -0.25) is 14.4 Å². The first-order valence-electron chi connectivity index (χ1n) is 15.4. The molecule has 10 heteroatoms. The lowest BCUT2D eigenvalue weighted by molar-refractivity contribution is -0.134. The molecule has 4 aromatic carbocycles. The molecule has 2 aliphatic rings. The SMILES string of the molecule is CC(=O)N1CCC[C@@H]1C(=O)Nc1nc2ccc3ccccc3c2s1.O=C(Nc1nc2ccc3ccccc3c2s1)C1CCCC1. The second kappa shape index (κ2) is 12.5. The Hall–Kier alpha value is -4.41. The minimum atomic E-state index is -0.383. The van der Waals surface area contributed by atoms with Gasteiger partial charge < -0.3 is 15.5 Å². The van der Waals surface area contributed by atoms with E-state index in [-0.39, 0.29) is 29.7 Å². The lowest BCUT2D eigenvalue weighted by atomic mass is 10.1. The lowest BCUT2D eigenvalue weighted by Gasteiger charge is -2.21. The average molecular weight is 636 g/mol. The molecule has 1 aliphatic heterocycles. The molecule has 45 heavy (non-hydrogen) atoms. The number of aromatic nitrogens is 2. The molecule has 2 fully saturated rings. The Labute approximate surface area is 268 Å². The molecule has 1 aliphatic carbocycles. The quantitative estimate of drug-likeness (QED) is 0.204. The number of benzene rings is 4. The summed E-state index contributed by atoms with van der Waals surface area (Å²) in [6.45, 7) is 2.16. The third kappa shape index (κ3) is 6.00. The van der Waals surface area contributed by atoms with Crippen LogP contribution in [0.15, 0.2) is 72.8 Å². The maximum absolute atomic E-state index is 12.5. The fraction of sp³-hybridized carbons (Fsp3) is 0.286. The first-order chi connectivity index (χ1) is 21.9. The standard InChI is InChI=1S/C18H17N3O2S.C17H16N2OS/c1-11(22)21-10-4-7-15(21)17(23)20-18-19-14-9-8-12-5-2-3-6-13(12)16(14)24-18;20-16(12-6-1-2-7-12)19-17-18-14-10-9-11-5-3-4-8-13(11)15(14)21-17/h2-3,5-6,8-9,15H,4,7,10H2,1H3,(H,19,20,23);3-5,8-10,12H,1-2,6-7H2,(H,18,19,20)/t15-;/m1./s1. The maximum atomic E-state index is 12.5. The summed E-state index contributed by atoms with van der Waals surface area (Å²) in [5, 5.41) is 11.9. The minimum Gasteiger partial charge on any atom is -0.331 e. The number of carbonyl (C=O) groups is 3. The van der Waals surface area contributed by atoms with Crippen LogP contribution < -0.4 is 10.6 Å². The number of likely N-dealkylation sites (tertiary alicyclic amines) is 1. The lowest BCUT2D eigenvalue weighted by Crippen LogP contribution is -2.42. The van der Waals surface area contributed by atoms with Gasteiger partial charge in [0.2, 0.25) is 17.7 Å². The third-order valence-electron chi connectivity index (χ3n) is 8.71. The summed E-state index contributed by atoms with van der Waals surface area (Å²) in [4.78, 5) is 47.1. The smallest absolute Gasteiger partial charge is 0.248 e. The fourth-order valence-electron chi connectivity index (χ4n) is 6.42. The van der Waals surface area contributed by atoms with Crippen molar-refractivity contribution >= 4 is 92.6 Å². The highest BCUT2D eigenvalue weighted by atomic mass is 32.1. The number of anilines is 2. The topological polar surface area (TPSA) is 104 Å². The largest absolute Gasteiger partial charge is 0.331 e. The maximum Gasteiger partial charge on any atom is 0.248 e. The van der Waals surface area contributed by atoms with Gasteiger partial charge in [0.15, 0.2) is 10.3 Å². The summed E-state index contributed by atoms with van der Waals surface area (Å²) in [5.41, 5.74) is 1.84. The monoisotopic (exact) mass is 635 g/mol. The van der Waals surface area contributed by atoms with E-state index < -0.39 is 0 Å². The van der Waals surface area contributed by atoms with E-state index in [1.807, 2.05) is 42.5 Å². The highest BCUT2D eigenvalue weighted by Gasteiger charge is 2.32. The van der Waals surface area contributed by atoms with Gasteiger partial charge in [0.1, 0.15) is 6.04 Å². The molecular weight excluding hydrogens is 603 g/mol. The molecule has 1 saturated heterocycles. The molecule has 0 bridgehead atoms. The summed E-state index contributed by atoms with van der Waals surface area (Å²) < 4.78 is 2.22. The molecule has 3 heterocycles. The first kappa shape index (κ1) is 29.3. The Morgan fingerprint density at radius 2 is 1.22 bits per heavy atom. The van der Waals surface area contributed by atoms with Crippen LogP contribution in [0.4, 0.5) is 10.3 Å². The molecule has 8 nitrogen and oxygen atoms in total. The van der Waals surface area contributed by atoms with E-state index in [1.54, 1.807) is 16.2 Å². The van der Waals surface area contributed by atoms with Crippen LogP contribution in [0, 0.1) is 5.92 Å². The van der Waals surface area contributed by atoms with E-state index >= 15 is 0 Å². The van der Waals surface area contributed by atoms with Gasteiger partial charge in [0, 0.05) is 30.2 Å². The highest BCUT2D eigenvalue weighted by molar-refractivity contribution is 7.23. The Bertz CT molecular complexity index is 2060. The molecule has 2 N–H and O–H groups in total. The van der Waals surface area contributed by atoms with Crippen LogP contribution in [0.25, 0.3) is 42.0 Å². The highest BCUT2D eigenvalue weighted by Crippen LogP contribution is 2.35. The van der Waals surface area contributed by atoms with E-state index in [4.69, 9.17) is 0 Å². The predicted molar refractivity (Wildman–Crippen MR) is 184 cm³/mol. The Morgan fingerprint density at radius 1 is 0.689 bits per heavy atom. The number of carbonyl (C=O) groups excluding carboxylic acids is 3. The molecule has 1 saturated carbocycles. The normalized spacial score (nSPS) is 16.7. The molecule has 0 unspecified atom stereocenters. The van der Waals surface area contributed by atoms with Gasteiger partial charge in [0.25, 0.3) is 0 Å². The van der Waals surface area contributed by atoms with Crippen LogP contribution in [0.5, 0.6) is 0 Å². The third-order valence-corrected chi connectivity index (χ3v) is 10.7. The number of hydrogen-bond acceptors (Lipinski definition) is 7. The number of amides is 3. The summed E-state index contributed by atoms with van der Waals surface area (Å²) in [7, 11) is 0. The van der Waals surface area contributed by atoms with Gasteiger partial charge in [0.05, 0.1) is 20.4 Å². The minimum absolute atomic E-state index is 0.0528. The summed E-state index contributed by atoms with van der Waals surface area (Å²) in [6.07, 6.45) is 5.94. The van der Waals surface area contributed by atoms with E-state index in [0.29, 0.717) is 18.1 Å². The fourth-order valence-corrected chi connectivity index (χ4v) is 8.42. The molecule has 8 rings (SSSR count). The average Bonchev–Trinajstić information content (AvgIpc) is 3.87. The van der Waals surface area contributed by atoms with Crippen molar-refractivity contribution in [2.75, 3.05) is 17.2 Å². The van der Waals surface area contributed by atoms with Crippen LogP contribution in [0.1, 0.15) is 45.4 Å². The van der Waals surface area contributed by atoms with E-state index in [0.717, 1.165) is 55.6 Å². The second-order valence-electron chi connectivity index (χ2n) is 11.6. The van der Waals surface area contributed by atoms with Crippen LogP contribution >= 0.6 is 22.7 Å². The zero-order valence-electron chi connectivity index (χ0n) is 24.9. The zero-order valence-corrected chi connectivity index (χ0v) is 26.5. The predicted octanol–water partition coefficient (Wildman–Crippen LogP) is 7.98. The molecule has 3 amide bonds. The second-order valence-corrected chi connectivity index (χ2v) is 13.6. The number of nitrogens with zero attached hydrogens (tertiary/aromatic N) is 3. The number of thiazole rings is 2. The molecule has 0 radical (unpaired) electrons. The summed E-state index contributed by atoms with van der Waals surface area (Å²) >= 11 is 3.05. The number of rotatable bonds is 4. The van der Waals surface area contributed by atoms with Gasteiger partial charge in [-0.05, 0) is 48.6 Å². The molecule has 6 aromatic rings. The number of fused-ring (bicyclic) bond motifs is 6. The van der Waals surface area contributed by atoms with Crippen LogP contribution in [-0.2, 0) is 14.4 Å². The Morgan fingerprint density at radius 3 is 1.78 bits per heavy atom. The van der Waals surface area contributed by atoms with Crippen LogP contribution in [0.3, 0.4) is 0 Å². The Balaban J connectivity index is 0.000000146. The zero-order chi connectivity index (χ0) is 30.9. The molecular formula is C35H33N5O3S2. The van der Waals surface area contributed by atoms with Crippen molar-refractivity contribution in [1.82, 2.24) is 14.9 Å². The van der Waals surface area contributed by atoms with Crippen molar-refractivity contribution in [2.24, 2.45) is 5.92 Å². The van der Waals surface area contributed by atoms with Crippen molar-refractivity contribution in [2.45, 2.75) is 51.5 Å². The van der Waals surface area contributed by atoms with Crippen molar-refractivity contribution < 1.29 is 14.4 Å². The van der Waals surface area contributed by atoms with Crippen molar-refractivity contribution in [3.63, 3.8) is 0 Å². The van der Waals surface area contributed by atoms with Gasteiger partial charge in [-0.25, -0.2) is 9.97 Å². The van der Waals surface area contributed by atoms with Gasteiger partial charge in [-0.15, -0.1) is 0 Å². The molecule has 1 atom stereocenters. The van der Waals surface area contributed by atoms with Crippen molar-refractivity contribution in [1.29, 1.82) is 0 Å². The summed E-state index contributed by atoms with van der Waals surface area (Å²) in [5.74, 6) is 0.110. The molecule has 2 aromatic heterocycles. The van der Waals surface area contributed by atoms with Crippen molar-refractivity contribution in [3.05, 3.63) is 72.8 Å².